The van der Waals surface area contributed by atoms with Crippen molar-refractivity contribution in [1.82, 2.24) is 10.2 Å². The molecule has 0 radical (unpaired) electrons. The van der Waals surface area contributed by atoms with E-state index in [0.717, 1.165) is 26.1 Å². The standard InChI is InChI=1S/C13H14BrFN2O/c14-10-3-9(4-11(15)5-10)13(18)17-2-1-8-6-16-7-12(8)17/h3-5,8,12,16H,1-2,6-7H2/t8-,12+/m0/s1. The van der Waals surface area contributed by atoms with Gasteiger partial charge in [-0.05, 0) is 30.5 Å². The molecule has 5 heteroatoms. The topological polar surface area (TPSA) is 32.3 Å². The molecular weight excluding hydrogens is 299 g/mol. The number of nitrogens with one attached hydrogen (secondary N) is 1. The Morgan fingerprint density at radius 2 is 2.22 bits per heavy atom. The lowest BCUT2D eigenvalue weighted by Crippen LogP contribution is -2.39. The van der Waals surface area contributed by atoms with Gasteiger partial charge in [0.15, 0.2) is 0 Å². The Bertz CT molecular complexity index is 474. The normalized spacial score (nSPS) is 26.4. The van der Waals surface area contributed by atoms with Gasteiger partial charge in [0.2, 0.25) is 0 Å². The first-order valence-corrected chi connectivity index (χ1v) is 6.92. The van der Waals surface area contributed by atoms with Gasteiger partial charge in [0.05, 0.1) is 0 Å². The van der Waals surface area contributed by atoms with Gasteiger partial charge in [-0.1, -0.05) is 15.9 Å². The van der Waals surface area contributed by atoms with E-state index < -0.39 is 0 Å². The molecule has 0 saturated carbocycles. The average Bonchev–Trinajstić information content (AvgIpc) is 2.88. The molecule has 1 aromatic rings. The Morgan fingerprint density at radius 3 is 3.00 bits per heavy atom. The molecule has 2 fully saturated rings. The first-order valence-electron chi connectivity index (χ1n) is 6.13. The summed E-state index contributed by atoms with van der Waals surface area (Å²) in [5.41, 5.74) is 0.425. The monoisotopic (exact) mass is 312 g/mol. The number of amides is 1. The number of rotatable bonds is 1. The number of carbonyl (C=O) groups is 1. The summed E-state index contributed by atoms with van der Waals surface area (Å²) in [5.74, 6) is 0.116. The number of nitrogens with zero attached hydrogens (tertiary/aromatic N) is 1. The maximum atomic E-state index is 13.3. The van der Waals surface area contributed by atoms with Crippen LogP contribution in [-0.4, -0.2) is 36.5 Å². The van der Waals surface area contributed by atoms with Gasteiger partial charge in [-0.2, -0.15) is 0 Å². The van der Waals surface area contributed by atoms with Crippen molar-refractivity contribution in [1.29, 1.82) is 0 Å². The fourth-order valence-electron chi connectivity index (χ4n) is 2.94. The molecule has 0 spiro atoms. The van der Waals surface area contributed by atoms with Crippen molar-refractivity contribution in [2.24, 2.45) is 5.92 Å². The van der Waals surface area contributed by atoms with Gasteiger partial charge in [-0.3, -0.25) is 4.79 Å². The average molecular weight is 313 g/mol. The number of halogens is 2. The molecule has 0 aliphatic carbocycles. The van der Waals surface area contributed by atoms with Crippen LogP contribution >= 0.6 is 15.9 Å². The van der Waals surface area contributed by atoms with Crippen molar-refractivity contribution in [2.75, 3.05) is 19.6 Å². The largest absolute Gasteiger partial charge is 0.334 e. The van der Waals surface area contributed by atoms with Crippen LogP contribution in [0.4, 0.5) is 4.39 Å². The molecule has 18 heavy (non-hydrogen) atoms. The van der Waals surface area contributed by atoms with Crippen LogP contribution < -0.4 is 5.32 Å². The number of likely N-dealkylation sites (tertiary alicyclic amines) is 1. The molecule has 2 heterocycles. The van der Waals surface area contributed by atoms with E-state index >= 15 is 0 Å². The van der Waals surface area contributed by atoms with Crippen LogP contribution in [0.5, 0.6) is 0 Å². The van der Waals surface area contributed by atoms with Crippen molar-refractivity contribution in [3.63, 3.8) is 0 Å². The van der Waals surface area contributed by atoms with Gasteiger partial charge in [-0.15, -0.1) is 0 Å². The molecular formula is C13H14BrFN2O. The molecule has 96 valence electrons. The third kappa shape index (κ3) is 2.06. The molecule has 0 bridgehead atoms. The van der Waals surface area contributed by atoms with Crippen LogP contribution in [0.1, 0.15) is 16.8 Å². The minimum atomic E-state index is -0.381. The van der Waals surface area contributed by atoms with Gasteiger partial charge in [0.1, 0.15) is 5.82 Å². The highest BCUT2D eigenvalue weighted by atomic mass is 79.9. The molecule has 2 saturated heterocycles. The highest BCUT2D eigenvalue weighted by Crippen LogP contribution is 2.29. The first kappa shape index (κ1) is 12.1. The lowest BCUT2D eigenvalue weighted by molar-refractivity contribution is 0.0736. The van der Waals surface area contributed by atoms with Crippen molar-refractivity contribution >= 4 is 21.8 Å². The van der Waals surface area contributed by atoms with Crippen LogP contribution in [0.2, 0.25) is 0 Å². The van der Waals surface area contributed by atoms with E-state index in [2.05, 4.69) is 21.2 Å². The third-order valence-corrected chi connectivity index (χ3v) is 4.27. The number of hydrogen-bond acceptors (Lipinski definition) is 2. The highest BCUT2D eigenvalue weighted by molar-refractivity contribution is 9.10. The minimum absolute atomic E-state index is 0.0635. The number of hydrogen-bond donors (Lipinski definition) is 1. The molecule has 2 aliphatic heterocycles. The Hall–Kier alpha value is -0.940. The van der Waals surface area contributed by atoms with Gasteiger partial charge in [0, 0.05) is 35.7 Å². The van der Waals surface area contributed by atoms with E-state index in [9.17, 15) is 9.18 Å². The molecule has 0 aromatic heterocycles. The zero-order valence-electron chi connectivity index (χ0n) is 9.83. The maximum Gasteiger partial charge on any atom is 0.254 e. The fraction of sp³-hybridized carbons (Fsp3) is 0.462. The number of fused-ring (bicyclic) bond motifs is 1. The lowest BCUT2D eigenvalue weighted by Gasteiger charge is -2.23. The van der Waals surface area contributed by atoms with Crippen LogP contribution in [-0.2, 0) is 0 Å². The Labute approximate surface area is 113 Å². The van der Waals surface area contributed by atoms with Crippen LogP contribution in [0, 0.1) is 11.7 Å². The van der Waals surface area contributed by atoms with Crippen LogP contribution in [0.25, 0.3) is 0 Å². The Morgan fingerprint density at radius 1 is 1.39 bits per heavy atom. The second kappa shape index (κ2) is 4.63. The van der Waals surface area contributed by atoms with Gasteiger partial charge >= 0.3 is 0 Å². The van der Waals surface area contributed by atoms with Crippen molar-refractivity contribution < 1.29 is 9.18 Å². The predicted octanol–water partition coefficient (Wildman–Crippen LogP) is 2.02. The maximum absolute atomic E-state index is 13.3. The van der Waals surface area contributed by atoms with E-state index in [4.69, 9.17) is 0 Å². The Kier molecular flexibility index (Phi) is 3.11. The summed E-state index contributed by atoms with van der Waals surface area (Å²) in [5, 5.41) is 3.31. The highest BCUT2D eigenvalue weighted by Gasteiger charge is 2.40. The second-order valence-corrected chi connectivity index (χ2v) is 5.85. The fourth-order valence-corrected chi connectivity index (χ4v) is 3.41. The van der Waals surface area contributed by atoms with Crippen molar-refractivity contribution in [2.45, 2.75) is 12.5 Å². The quantitative estimate of drug-likeness (QED) is 0.860. The zero-order chi connectivity index (χ0) is 12.7. The Balaban J connectivity index is 1.86. The second-order valence-electron chi connectivity index (χ2n) is 4.93. The van der Waals surface area contributed by atoms with Gasteiger partial charge < -0.3 is 10.2 Å². The van der Waals surface area contributed by atoms with E-state index in [-0.39, 0.29) is 17.8 Å². The summed E-state index contributed by atoms with van der Waals surface area (Å²) in [6.07, 6.45) is 1.04. The van der Waals surface area contributed by atoms with E-state index in [1.54, 1.807) is 6.07 Å². The van der Waals surface area contributed by atoms with Crippen LogP contribution in [0.15, 0.2) is 22.7 Å². The van der Waals surface area contributed by atoms with Crippen molar-refractivity contribution in [3.8, 4) is 0 Å². The summed E-state index contributed by atoms with van der Waals surface area (Å²) in [4.78, 5) is 14.3. The summed E-state index contributed by atoms with van der Waals surface area (Å²) in [7, 11) is 0. The predicted molar refractivity (Wildman–Crippen MR) is 69.9 cm³/mol. The zero-order valence-corrected chi connectivity index (χ0v) is 11.4. The van der Waals surface area contributed by atoms with Gasteiger partial charge in [0.25, 0.3) is 5.91 Å². The summed E-state index contributed by atoms with van der Waals surface area (Å²) in [6, 6.07) is 4.63. The van der Waals surface area contributed by atoms with Gasteiger partial charge in [-0.25, -0.2) is 4.39 Å². The molecule has 0 unspecified atom stereocenters. The molecule has 3 nitrogen and oxygen atoms in total. The molecule has 1 aromatic carbocycles. The molecule has 1 amide bonds. The van der Waals surface area contributed by atoms with E-state index in [1.807, 2.05) is 4.90 Å². The van der Waals surface area contributed by atoms with E-state index in [0.29, 0.717) is 16.0 Å². The first-order chi connectivity index (χ1) is 8.65. The SMILES string of the molecule is O=C(c1cc(F)cc(Br)c1)N1CC[C@H]2CNC[C@H]21. The lowest BCUT2D eigenvalue weighted by atomic mass is 10.0. The summed E-state index contributed by atoms with van der Waals surface area (Å²) >= 11 is 3.22. The van der Waals surface area contributed by atoms with Crippen LogP contribution in [0.3, 0.4) is 0 Å². The smallest absolute Gasteiger partial charge is 0.254 e. The molecule has 1 N–H and O–H groups in total. The van der Waals surface area contributed by atoms with Crippen molar-refractivity contribution in [3.05, 3.63) is 34.1 Å². The minimum Gasteiger partial charge on any atom is -0.334 e. The third-order valence-electron chi connectivity index (χ3n) is 3.82. The van der Waals surface area contributed by atoms with E-state index in [1.165, 1.54) is 12.1 Å². The molecule has 2 aliphatic rings. The molecule has 3 rings (SSSR count). The summed E-state index contributed by atoms with van der Waals surface area (Å²) < 4.78 is 13.9. The number of carbonyl (C=O) groups excluding carboxylic acids is 1. The number of benzene rings is 1. The molecule has 2 atom stereocenters. The summed E-state index contributed by atoms with van der Waals surface area (Å²) in [6.45, 7) is 2.62.